The van der Waals surface area contributed by atoms with Crippen LogP contribution in [-0.4, -0.2) is 34.9 Å². The summed E-state index contributed by atoms with van der Waals surface area (Å²) >= 11 is 0. The molecule has 2 N–H and O–H groups in total. The van der Waals surface area contributed by atoms with Crippen molar-refractivity contribution in [3.63, 3.8) is 0 Å². The fourth-order valence-electron chi connectivity index (χ4n) is 4.12. The monoisotopic (exact) mass is 463 g/mol. The number of amides is 2. The molecule has 5 rings (SSSR count). The van der Waals surface area contributed by atoms with Gasteiger partial charge in [-0.25, -0.2) is 14.8 Å². The van der Waals surface area contributed by atoms with Crippen LogP contribution in [0.3, 0.4) is 0 Å². The van der Waals surface area contributed by atoms with E-state index in [1.165, 1.54) is 0 Å². The number of rotatable bonds is 6. The normalized spacial score (nSPS) is 13.3. The van der Waals surface area contributed by atoms with Crippen LogP contribution in [0.2, 0.25) is 0 Å². The van der Waals surface area contributed by atoms with Gasteiger partial charge in [-0.1, -0.05) is 24.3 Å². The van der Waals surface area contributed by atoms with E-state index in [0.717, 1.165) is 48.2 Å². The summed E-state index contributed by atoms with van der Waals surface area (Å²) in [6.07, 6.45) is 7.34. The van der Waals surface area contributed by atoms with Gasteiger partial charge in [0.1, 0.15) is 11.6 Å². The molecule has 0 radical (unpaired) electrons. The van der Waals surface area contributed by atoms with Crippen molar-refractivity contribution in [3.05, 3.63) is 96.2 Å². The molecule has 2 aromatic carbocycles. The molecule has 0 bridgehead atoms. The third-order valence-electron chi connectivity index (χ3n) is 5.89. The van der Waals surface area contributed by atoms with Crippen LogP contribution in [-0.2, 0) is 0 Å². The molecule has 2 amide bonds. The van der Waals surface area contributed by atoms with Gasteiger partial charge < -0.3 is 10.2 Å². The molecule has 1 aliphatic heterocycles. The number of anilines is 3. The largest absolute Gasteiger partial charge is 0.356 e. The average molecular weight is 464 g/mol. The second-order valence-electron chi connectivity index (χ2n) is 8.36. The van der Waals surface area contributed by atoms with Gasteiger partial charge in [0.2, 0.25) is 0 Å². The van der Waals surface area contributed by atoms with E-state index in [1.807, 2.05) is 30.3 Å². The maximum Gasteiger partial charge on any atom is 0.324 e. The summed E-state index contributed by atoms with van der Waals surface area (Å²) in [5.74, 6) is 1.26. The zero-order valence-electron chi connectivity index (χ0n) is 19.1. The number of ketones is 1. The number of fused-ring (bicyclic) bond motifs is 1. The Morgan fingerprint density at radius 1 is 0.886 bits per heavy atom. The van der Waals surface area contributed by atoms with Crippen molar-refractivity contribution >= 4 is 46.1 Å². The Morgan fingerprint density at radius 2 is 1.66 bits per heavy atom. The number of hydrogen-bond donors (Lipinski definition) is 2. The van der Waals surface area contributed by atoms with E-state index in [2.05, 4.69) is 26.6 Å². The van der Waals surface area contributed by atoms with E-state index in [0.29, 0.717) is 17.1 Å². The summed E-state index contributed by atoms with van der Waals surface area (Å²) in [4.78, 5) is 36.2. The van der Waals surface area contributed by atoms with E-state index >= 15 is 0 Å². The summed E-state index contributed by atoms with van der Waals surface area (Å²) in [6, 6.07) is 21.8. The second kappa shape index (κ2) is 10.2. The molecule has 2 aromatic heterocycles. The predicted molar refractivity (Wildman–Crippen MR) is 140 cm³/mol. The van der Waals surface area contributed by atoms with Crippen molar-refractivity contribution in [3.8, 4) is 0 Å². The van der Waals surface area contributed by atoms with Crippen LogP contribution in [0.4, 0.5) is 22.1 Å². The molecule has 3 heterocycles. The number of nitrogens with zero attached hydrogens (tertiary/aromatic N) is 3. The fraction of sp³-hybridized carbons (Fsp3) is 0.143. The number of benzene rings is 2. The fourth-order valence-corrected chi connectivity index (χ4v) is 4.12. The maximum atomic E-state index is 12.9. The average Bonchev–Trinajstić information content (AvgIpc) is 3.42. The number of carbonyl (C=O) groups is 2. The minimum atomic E-state index is -0.402. The van der Waals surface area contributed by atoms with Crippen LogP contribution < -0.4 is 15.5 Å². The molecule has 0 unspecified atom stereocenters. The molecule has 1 fully saturated rings. The van der Waals surface area contributed by atoms with Gasteiger partial charge in [-0.3, -0.25) is 10.1 Å². The Bertz CT molecular complexity index is 1380. The molecule has 1 aliphatic rings. The van der Waals surface area contributed by atoms with Crippen molar-refractivity contribution in [2.45, 2.75) is 12.8 Å². The standard InChI is InChI=1S/C28H25N5O2/c34-25(20-10-13-23(14-11-20)30-28(35)32-26-9-3-4-16-29-26)15-12-22-19-21-7-1-2-8-24(21)31-27(22)33-17-5-6-18-33/h1-4,7-16,19H,5-6,17-18H2,(H2,29,30,32,35). The van der Waals surface area contributed by atoms with Gasteiger partial charge in [-0.15, -0.1) is 0 Å². The molecule has 4 aromatic rings. The van der Waals surface area contributed by atoms with Crippen LogP contribution >= 0.6 is 0 Å². The Labute approximate surface area is 203 Å². The Kier molecular flexibility index (Phi) is 6.48. The van der Waals surface area contributed by atoms with E-state index in [1.54, 1.807) is 54.7 Å². The number of carbonyl (C=O) groups excluding carboxylic acids is 2. The number of hydrogen-bond acceptors (Lipinski definition) is 5. The van der Waals surface area contributed by atoms with Crippen molar-refractivity contribution in [2.24, 2.45) is 0 Å². The van der Waals surface area contributed by atoms with E-state index < -0.39 is 6.03 Å². The summed E-state index contributed by atoms with van der Waals surface area (Å²) < 4.78 is 0. The summed E-state index contributed by atoms with van der Waals surface area (Å²) in [5, 5.41) is 6.44. The number of pyridine rings is 2. The quantitative estimate of drug-likeness (QED) is 0.280. The van der Waals surface area contributed by atoms with Crippen molar-refractivity contribution in [1.82, 2.24) is 9.97 Å². The number of allylic oxidation sites excluding steroid dienone is 1. The van der Waals surface area contributed by atoms with Crippen LogP contribution in [0.15, 0.2) is 85.1 Å². The number of para-hydroxylation sites is 1. The molecule has 0 saturated carbocycles. The molecule has 0 atom stereocenters. The van der Waals surface area contributed by atoms with Gasteiger partial charge in [0, 0.05) is 41.5 Å². The van der Waals surface area contributed by atoms with Crippen molar-refractivity contribution < 1.29 is 9.59 Å². The molecule has 174 valence electrons. The minimum absolute atomic E-state index is 0.116. The highest BCUT2D eigenvalue weighted by Crippen LogP contribution is 2.27. The lowest BCUT2D eigenvalue weighted by Crippen LogP contribution is -2.20. The highest BCUT2D eigenvalue weighted by molar-refractivity contribution is 6.08. The lowest BCUT2D eigenvalue weighted by molar-refractivity contribution is 0.104. The third kappa shape index (κ3) is 5.35. The lowest BCUT2D eigenvalue weighted by atomic mass is 10.1. The van der Waals surface area contributed by atoms with E-state index in [9.17, 15) is 9.59 Å². The molecular formula is C28H25N5O2. The van der Waals surface area contributed by atoms with E-state index in [4.69, 9.17) is 4.98 Å². The molecular weight excluding hydrogens is 438 g/mol. The SMILES string of the molecule is O=C(Nc1ccc(C(=O)C=Cc2cc3ccccc3nc2N2CCCC2)cc1)Nc1ccccn1. The summed E-state index contributed by atoms with van der Waals surface area (Å²) in [5.41, 5.74) is 3.00. The van der Waals surface area contributed by atoms with Gasteiger partial charge in [0.25, 0.3) is 0 Å². The van der Waals surface area contributed by atoms with Gasteiger partial charge in [0.15, 0.2) is 5.78 Å². The molecule has 0 spiro atoms. The molecule has 35 heavy (non-hydrogen) atoms. The highest BCUT2D eigenvalue weighted by atomic mass is 16.2. The molecule has 7 nitrogen and oxygen atoms in total. The number of urea groups is 1. The summed E-state index contributed by atoms with van der Waals surface area (Å²) in [7, 11) is 0. The first kappa shape index (κ1) is 22.3. The molecule has 1 saturated heterocycles. The van der Waals surface area contributed by atoms with Crippen LogP contribution in [0.5, 0.6) is 0 Å². The first-order valence-electron chi connectivity index (χ1n) is 11.6. The molecule has 0 aliphatic carbocycles. The zero-order chi connectivity index (χ0) is 24.0. The van der Waals surface area contributed by atoms with Crippen LogP contribution in [0.25, 0.3) is 17.0 Å². The Balaban J connectivity index is 1.29. The van der Waals surface area contributed by atoms with Crippen molar-refractivity contribution in [1.29, 1.82) is 0 Å². The predicted octanol–water partition coefficient (Wildman–Crippen LogP) is 5.77. The number of aromatic nitrogens is 2. The van der Waals surface area contributed by atoms with Gasteiger partial charge in [0.05, 0.1) is 5.52 Å². The minimum Gasteiger partial charge on any atom is -0.356 e. The maximum absolute atomic E-state index is 12.9. The first-order valence-corrected chi connectivity index (χ1v) is 11.6. The summed E-state index contributed by atoms with van der Waals surface area (Å²) in [6.45, 7) is 1.95. The number of nitrogens with one attached hydrogen (secondary N) is 2. The van der Waals surface area contributed by atoms with Gasteiger partial charge in [-0.2, -0.15) is 0 Å². The van der Waals surface area contributed by atoms with Gasteiger partial charge >= 0.3 is 6.03 Å². The second-order valence-corrected chi connectivity index (χ2v) is 8.36. The molecule has 7 heteroatoms. The Morgan fingerprint density at radius 3 is 2.43 bits per heavy atom. The van der Waals surface area contributed by atoms with E-state index in [-0.39, 0.29) is 5.78 Å². The van der Waals surface area contributed by atoms with Gasteiger partial charge in [-0.05, 0) is 73.5 Å². The smallest absolute Gasteiger partial charge is 0.324 e. The van der Waals surface area contributed by atoms with Crippen LogP contribution in [0.1, 0.15) is 28.8 Å². The zero-order valence-corrected chi connectivity index (χ0v) is 19.1. The van der Waals surface area contributed by atoms with Crippen LogP contribution in [0, 0.1) is 0 Å². The van der Waals surface area contributed by atoms with Crippen molar-refractivity contribution in [2.75, 3.05) is 28.6 Å². The highest BCUT2D eigenvalue weighted by Gasteiger charge is 2.17. The topological polar surface area (TPSA) is 87.2 Å². The Hall–Kier alpha value is -4.52. The third-order valence-corrected chi connectivity index (χ3v) is 5.89. The lowest BCUT2D eigenvalue weighted by Gasteiger charge is -2.19. The first-order chi connectivity index (χ1) is 17.2.